The molecule has 0 spiro atoms. The second kappa shape index (κ2) is 5.96. The molecule has 0 bridgehead atoms. The molecular weight excluding hydrogens is 324 g/mol. The van der Waals surface area contributed by atoms with Crippen molar-refractivity contribution in [2.24, 2.45) is 0 Å². The smallest absolute Gasteiger partial charge is 0.375 e. The molecule has 0 atom stereocenters. The largest absolute Gasteiger partial charge is 0.434 e. The fourth-order valence-electron chi connectivity index (χ4n) is 2.37. The van der Waals surface area contributed by atoms with Crippen molar-refractivity contribution in [2.75, 3.05) is 0 Å². The van der Waals surface area contributed by atoms with Crippen molar-refractivity contribution < 1.29 is 9.66 Å². The zero-order valence-electron chi connectivity index (χ0n) is 12.7. The van der Waals surface area contributed by atoms with Gasteiger partial charge < -0.3 is 4.74 Å². The minimum absolute atomic E-state index is 0.0142. The van der Waals surface area contributed by atoms with Crippen molar-refractivity contribution in [1.82, 2.24) is 25.0 Å². The van der Waals surface area contributed by atoms with E-state index >= 15 is 0 Å². The normalized spacial score (nSPS) is 10.7. The molecule has 0 saturated heterocycles. The maximum absolute atomic E-state index is 11.6. The van der Waals surface area contributed by atoms with Gasteiger partial charge in [-0.15, -0.1) is 5.10 Å². The van der Waals surface area contributed by atoms with Gasteiger partial charge in [-0.25, -0.2) is 4.98 Å². The van der Waals surface area contributed by atoms with Crippen LogP contribution in [0.2, 0.25) is 0 Å². The average molecular weight is 334 g/mol. The first-order valence-corrected chi connectivity index (χ1v) is 7.27. The number of benzene rings is 2. The Labute approximate surface area is 140 Å². The van der Waals surface area contributed by atoms with Crippen molar-refractivity contribution in [2.45, 2.75) is 0 Å². The van der Waals surface area contributed by atoms with Crippen LogP contribution in [0.3, 0.4) is 0 Å². The number of hydrogen-bond donors (Lipinski definition) is 0. The molecule has 0 saturated carbocycles. The highest BCUT2D eigenvalue weighted by molar-refractivity contribution is 5.76. The van der Waals surface area contributed by atoms with Gasteiger partial charge in [0.05, 0.1) is 10.4 Å². The Bertz CT molecular complexity index is 1060. The zero-order valence-corrected chi connectivity index (χ0v) is 12.7. The van der Waals surface area contributed by atoms with Crippen molar-refractivity contribution in [1.29, 1.82) is 0 Å². The second-order valence-electron chi connectivity index (χ2n) is 5.01. The topological polar surface area (TPSA) is 109 Å². The third kappa shape index (κ3) is 2.63. The molecule has 0 fully saturated rings. The van der Waals surface area contributed by atoms with E-state index in [0.717, 1.165) is 0 Å². The number of nitro groups is 1. The molecule has 0 aliphatic heterocycles. The molecule has 0 aliphatic carbocycles. The summed E-state index contributed by atoms with van der Waals surface area (Å²) in [6.45, 7) is 0. The minimum atomic E-state index is -0.593. The summed E-state index contributed by atoms with van der Waals surface area (Å²) in [5, 5.41) is 19.6. The summed E-state index contributed by atoms with van der Waals surface area (Å²) >= 11 is 0. The maximum atomic E-state index is 11.6. The van der Waals surface area contributed by atoms with Crippen LogP contribution >= 0.6 is 0 Å². The molecule has 0 aliphatic rings. The number of nitrogens with zero attached hydrogens (tertiary/aromatic N) is 6. The van der Waals surface area contributed by atoms with E-state index in [1.54, 1.807) is 48.5 Å². The highest BCUT2D eigenvalue weighted by atomic mass is 16.6. The van der Waals surface area contributed by atoms with E-state index in [-0.39, 0.29) is 17.4 Å². The predicted molar refractivity (Wildman–Crippen MR) is 87.6 cm³/mol. The molecule has 0 radical (unpaired) electrons. The summed E-state index contributed by atoms with van der Waals surface area (Å²) in [7, 11) is 0. The van der Waals surface area contributed by atoms with Crippen LogP contribution in [0.5, 0.6) is 11.6 Å². The van der Waals surface area contributed by atoms with Gasteiger partial charge in [0.1, 0.15) is 17.6 Å². The first-order valence-electron chi connectivity index (χ1n) is 7.27. The van der Waals surface area contributed by atoms with Crippen LogP contribution < -0.4 is 4.74 Å². The highest BCUT2D eigenvalue weighted by Gasteiger charge is 2.28. The molecule has 2 aromatic carbocycles. The molecule has 0 unspecified atom stereocenters. The summed E-state index contributed by atoms with van der Waals surface area (Å²) in [4.78, 5) is 19.0. The van der Waals surface area contributed by atoms with E-state index in [1.807, 2.05) is 6.07 Å². The van der Waals surface area contributed by atoms with Crippen LogP contribution in [0, 0.1) is 10.1 Å². The van der Waals surface area contributed by atoms with Crippen molar-refractivity contribution >= 4 is 16.7 Å². The molecule has 0 amide bonds. The van der Waals surface area contributed by atoms with Crippen LogP contribution in [0.1, 0.15) is 0 Å². The molecular formula is C16H10N6O3. The lowest BCUT2D eigenvalue weighted by molar-refractivity contribution is -0.386. The number of para-hydroxylation sites is 2. The number of aromatic nitrogens is 5. The molecule has 25 heavy (non-hydrogen) atoms. The fourth-order valence-corrected chi connectivity index (χ4v) is 2.37. The minimum Gasteiger partial charge on any atom is -0.434 e. The molecule has 9 nitrogen and oxygen atoms in total. The molecule has 2 aromatic heterocycles. The lowest BCUT2D eigenvalue weighted by Crippen LogP contribution is -2.07. The lowest BCUT2D eigenvalue weighted by Gasteiger charge is -2.07. The van der Waals surface area contributed by atoms with E-state index in [9.17, 15) is 10.1 Å². The maximum Gasteiger partial charge on any atom is 0.375 e. The third-order valence-electron chi connectivity index (χ3n) is 3.46. The van der Waals surface area contributed by atoms with Crippen molar-refractivity contribution in [3.8, 4) is 17.4 Å². The number of fused-ring (bicyclic) bond motifs is 1. The van der Waals surface area contributed by atoms with Gasteiger partial charge in [0.25, 0.3) is 0 Å². The summed E-state index contributed by atoms with van der Waals surface area (Å²) in [5.41, 5.74) is 0.804. The molecule has 2 heterocycles. The Morgan fingerprint density at radius 3 is 2.56 bits per heavy atom. The summed E-state index contributed by atoms with van der Waals surface area (Å²) in [6.07, 6.45) is 1.19. The van der Waals surface area contributed by atoms with Crippen LogP contribution in [0.15, 0.2) is 60.9 Å². The first-order chi connectivity index (χ1) is 12.2. The Kier molecular flexibility index (Phi) is 3.51. The predicted octanol–water partition coefficient (Wildman–Crippen LogP) is 2.91. The van der Waals surface area contributed by atoms with Gasteiger partial charge in [-0.3, -0.25) is 10.1 Å². The van der Waals surface area contributed by atoms with Crippen LogP contribution in [-0.2, 0) is 0 Å². The lowest BCUT2D eigenvalue weighted by atomic mass is 10.3. The van der Waals surface area contributed by atoms with Gasteiger partial charge in [-0.05, 0) is 24.3 Å². The molecule has 0 N–H and O–H groups in total. The number of hydrogen-bond acceptors (Lipinski definition) is 7. The van der Waals surface area contributed by atoms with Crippen molar-refractivity contribution in [3.63, 3.8) is 0 Å². The quantitative estimate of drug-likeness (QED) is 0.417. The summed E-state index contributed by atoms with van der Waals surface area (Å²) in [5.74, 6) is 0.249. The van der Waals surface area contributed by atoms with Crippen molar-refractivity contribution in [3.05, 3.63) is 71.0 Å². The van der Waals surface area contributed by atoms with E-state index < -0.39 is 4.92 Å². The standard InChI is InChI=1S/C16H10N6O3/c23-22(24)14-15(21-13-9-5-4-8-12(13)19-20-21)17-10-18-16(14)25-11-6-2-1-3-7-11/h1-10H. The highest BCUT2D eigenvalue weighted by Crippen LogP contribution is 2.33. The van der Waals surface area contributed by atoms with E-state index in [0.29, 0.717) is 16.8 Å². The summed E-state index contributed by atoms with van der Waals surface area (Å²) < 4.78 is 6.87. The van der Waals surface area contributed by atoms with Gasteiger partial charge in [0.2, 0.25) is 5.82 Å². The Hall–Kier alpha value is -3.88. The Morgan fingerprint density at radius 1 is 1.00 bits per heavy atom. The second-order valence-corrected chi connectivity index (χ2v) is 5.01. The van der Waals surface area contributed by atoms with E-state index in [1.165, 1.54) is 11.0 Å². The molecule has 122 valence electrons. The van der Waals surface area contributed by atoms with Gasteiger partial charge in [-0.1, -0.05) is 35.5 Å². The molecule has 4 aromatic rings. The van der Waals surface area contributed by atoms with E-state index in [2.05, 4.69) is 20.3 Å². The SMILES string of the molecule is O=[N+]([O-])c1c(Oc2ccccc2)ncnc1-n1nnc2ccccc21. The molecule has 4 rings (SSSR count). The summed E-state index contributed by atoms with van der Waals surface area (Å²) in [6, 6.07) is 15.8. The van der Waals surface area contributed by atoms with Gasteiger partial charge in [0.15, 0.2) is 0 Å². The third-order valence-corrected chi connectivity index (χ3v) is 3.46. The van der Waals surface area contributed by atoms with Gasteiger partial charge in [0, 0.05) is 0 Å². The zero-order chi connectivity index (χ0) is 17.2. The number of rotatable bonds is 4. The van der Waals surface area contributed by atoms with Crippen LogP contribution in [-0.4, -0.2) is 29.9 Å². The monoisotopic (exact) mass is 334 g/mol. The number of ether oxygens (including phenoxy) is 1. The van der Waals surface area contributed by atoms with Gasteiger partial charge in [-0.2, -0.15) is 9.67 Å². The van der Waals surface area contributed by atoms with Crippen LogP contribution in [0.25, 0.3) is 16.9 Å². The Balaban J connectivity index is 1.89. The van der Waals surface area contributed by atoms with E-state index in [4.69, 9.17) is 4.74 Å². The molecule has 9 heteroatoms. The van der Waals surface area contributed by atoms with Crippen LogP contribution in [0.4, 0.5) is 5.69 Å². The van der Waals surface area contributed by atoms with Gasteiger partial charge >= 0.3 is 11.6 Å². The Morgan fingerprint density at radius 2 is 1.76 bits per heavy atom. The average Bonchev–Trinajstić information content (AvgIpc) is 3.06. The fraction of sp³-hybridized carbons (Fsp3) is 0. The first kappa shape index (κ1) is 14.7.